The monoisotopic (exact) mass is 455 g/mol. The van der Waals surface area contributed by atoms with E-state index < -0.39 is 17.9 Å². The molecule has 0 aliphatic carbocycles. The summed E-state index contributed by atoms with van der Waals surface area (Å²) in [6.45, 7) is 5.25. The molecule has 1 heterocycles. The van der Waals surface area contributed by atoms with Gasteiger partial charge in [-0.15, -0.1) is 0 Å². The van der Waals surface area contributed by atoms with Gasteiger partial charge in [-0.2, -0.15) is 0 Å². The molecule has 1 aromatic heterocycles. The van der Waals surface area contributed by atoms with E-state index in [1.165, 1.54) is 12.3 Å². The minimum Gasteiger partial charge on any atom is -0.481 e. The quantitative estimate of drug-likeness (QED) is 0.649. The molecule has 2 rings (SSSR count). The molecule has 27 heavy (non-hydrogen) atoms. The fraction of sp³-hybridized carbons (Fsp3) is 0.278. The zero-order chi connectivity index (χ0) is 20.0. The van der Waals surface area contributed by atoms with Crippen LogP contribution >= 0.6 is 27.5 Å². The van der Waals surface area contributed by atoms with Gasteiger partial charge < -0.3 is 9.47 Å². The predicted octanol–water partition coefficient (Wildman–Crippen LogP) is 3.51. The first-order valence-corrected chi connectivity index (χ1v) is 9.28. The summed E-state index contributed by atoms with van der Waals surface area (Å²) in [7, 11) is 0. The number of nitrogens with zero attached hydrogens (tertiary/aromatic N) is 1. The second kappa shape index (κ2) is 9.57. The molecule has 0 spiro atoms. The van der Waals surface area contributed by atoms with Crippen molar-refractivity contribution in [2.75, 3.05) is 0 Å². The number of hydrogen-bond donors (Lipinski definition) is 2. The number of carbonyl (C=O) groups excluding carboxylic acids is 2. The molecule has 0 fully saturated rings. The summed E-state index contributed by atoms with van der Waals surface area (Å²) in [6, 6.07) is 8.50. The summed E-state index contributed by atoms with van der Waals surface area (Å²) >= 11 is 9.38. The Morgan fingerprint density at radius 1 is 1.15 bits per heavy atom. The molecule has 2 aromatic rings. The molecule has 1 unspecified atom stereocenters. The summed E-state index contributed by atoms with van der Waals surface area (Å²) in [5.74, 6) is -0.316. The van der Waals surface area contributed by atoms with Gasteiger partial charge in [-0.1, -0.05) is 33.6 Å². The molecule has 0 aliphatic rings. The van der Waals surface area contributed by atoms with Crippen LogP contribution in [0.1, 0.15) is 31.1 Å². The number of aromatic nitrogens is 1. The molecule has 0 saturated carbocycles. The van der Waals surface area contributed by atoms with Crippen molar-refractivity contribution in [1.29, 1.82) is 0 Å². The van der Waals surface area contributed by atoms with Crippen LogP contribution in [-0.2, 0) is 4.79 Å². The van der Waals surface area contributed by atoms with Gasteiger partial charge in [-0.05, 0) is 45.0 Å². The molecule has 0 bridgehead atoms. The number of rotatable bonds is 6. The molecular formula is C18H19BrClN3O4. The number of pyridine rings is 1. The lowest BCUT2D eigenvalue weighted by atomic mass is 10.3. The van der Waals surface area contributed by atoms with Crippen LogP contribution in [0.4, 0.5) is 0 Å². The first kappa shape index (κ1) is 21.0. The van der Waals surface area contributed by atoms with E-state index in [0.717, 1.165) is 4.47 Å². The number of ether oxygens (including phenoxy) is 2. The van der Waals surface area contributed by atoms with E-state index >= 15 is 0 Å². The Kier molecular flexibility index (Phi) is 7.44. The van der Waals surface area contributed by atoms with Crippen molar-refractivity contribution in [3.05, 3.63) is 51.6 Å². The van der Waals surface area contributed by atoms with Crippen molar-refractivity contribution in [3.63, 3.8) is 0 Å². The molecule has 2 N–H and O–H groups in total. The van der Waals surface area contributed by atoms with Crippen molar-refractivity contribution < 1.29 is 19.1 Å². The standard InChI is InChI=1S/C18H19BrClN3O4/c1-10(2)26-18-15(20)7-12(9-21-18)17(25)23-22-16(24)11(3)27-14-6-4-5-13(19)8-14/h4-11H,1-3H3,(H,22,24)(H,23,25). The number of nitrogens with one attached hydrogen (secondary N) is 2. The van der Waals surface area contributed by atoms with Crippen LogP contribution in [-0.4, -0.2) is 29.0 Å². The van der Waals surface area contributed by atoms with Crippen LogP contribution in [0.5, 0.6) is 11.6 Å². The normalized spacial score (nSPS) is 11.6. The van der Waals surface area contributed by atoms with Crippen LogP contribution < -0.4 is 20.3 Å². The zero-order valence-corrected chi connectivity index (χ0v) is 17.3. The highest BCUT2D eigenvalue weighted by Crippen LogP contribution is 2.23. The van der Waals surface area contributed by atoms with Crippen LogP contribution in [0.3, 0.4) is 0 Å². The van der Waals surface area contributed by atoms with Crippen molar-refractivity contribution in [1.82, 2.24) is 15.8 Å². The SMILES string of the molecule is CC(C)Oc1ncc(C(=O)NNC(=O)C(C)Oc2cccc(Br)c2)cc1Cl. The van der Waals surface area contributed by atoms with Gasteiger partial charge in [-0.3, -0.25) is 20.4 Å². The Morgan fingerprint density at radius 2 is 1.89 bits per heavy atom. The summed E-state index contributed by atoms with van der Waals surface area (Å²) in [5, 5.41) is 0.203. The lowest BCUT2D eigenvalue weighted by molar-refractivity contribution is -0.128. The molecule has 0 saturated heterocycles. The molecular weight excluding hydrogens is 438 g/mol. The Balaban J connectivity index is 1.90. The van der Waals surface area contributed by atoms with Crippen LogP contribution in [0.15, 0.2) is 41.0 Å². The zero-order valence-electron chi connectivity index (χ0n) is 15.0. The Bertz CT molecular complexity index is 832. The molecule has 9 heteroatoms. The first-order chi connectivity index (χ1) is 12.8. The Morgan fingerprint density at radius 3 is 2.52 bits per heavy atom. The van der Waals surface area contributed by atoms with Gasteiger partial charge >= 0.3 is 0 Å². The second-order valence-corrected chi connectivity index (χ2v) is 7.16. The maximum absolute atomic E-state index is 12.1. The number of halogens is 2. The largest absolute Gasteiger partial charge is 0.481 e. The topological polar surface area (TPSA) is 89.5 Å². The minimum atomic E-state index is -0.817. The van der Waals surface area contributed by atoms with Crippen molar-refractivity contribution >= 4 is 39.3 Å². The van der Waals surface area contributed by atoms with Crippen molar-refractivity contribution in [3.8, 4) is 11.6 Å². The first-order valence-electron chi connectivity index (χ1n) is 8.11. The van der Waals surface area contributed by atoms with E-state index in [9.17, 15) is 9.59 Å². The smallest absolute Gasteiger partial charge is 0.279 e. The van der Waals surface area contributed by atoms with E-state index in [2.05, 4.69) is 31.8 Å². The summed E-state index contributed by atoms with van der Waals surface area (Å²) < 4.78 is 11.8. The highest BCUT2D eigenvalue weighted by Gasteiger charge is 2.17. The third-order valence-corrected chi connectivity index (χ3v) is 3.96. The predicted molar refractivity (Wildman–Crippen MR) is 105 cm³/mol. The van der Waals surface area contributed by atoms with Crippen LogP contribution in [0, 0.1) is 0 Å². The summed E-state index contributed by atoms with van der Waals surface area (Å²) in [4.78, 5) is 28.2. The molecule has 0 radical (unpaired) electrons. The second-order valence-electron chi connectivity index (χ2n) is 5.84. The maximum atomic E-state index is 12.1. The lowest BCUT2D eigenvalue weighted by Gasteiger charge is -2.15. The number of carbonyl (C=O) groups is 2. The maximum Gasteiger partial charge on any atom is 0.279 e. The molecule has 144 valence electrons. The van der Waals surface area contributed by atoms with E-state index in [-0.39, 0.29) is 22.6 Å². The molecule has 0 aliphatic heterocycles. The van der Waals surface area contributed by atoms with Crippen LogP contribution in [0.25, 0.3) is 0 Å². The summed E-state index contributed by atoms with van der Waals surface area (Å²) in [5.41, 5.74) is 4.78. The number of hydrazine groups is 1. The Labute approximate surface area is 170 Å². The number of hydrogen-bond acceptors (Lipinski definition) is 5. The van der Waals surface area contributed by atoms with Crippen molar-refractivity contribution in [2.45, 2.75) is 33.0 Å². The number of benzene rings is 1. The van der Waals surface area contributed by atoms with Gasteiger partial charge in [0.05, 0.1) is 11.7 Å². The van der Waals surface area contributed by atoms with Gasteiger partial charge in [-0.25, -0.2) is 4.98 Å². The van der Waals surface area contributed by atoms with E-state index in [0.29, 0.717) is 5.75 Å². The number of amides is 2. The highest BCUT2D eigenvalue weighted by molar-refractivity contribution is 9.10. The lowest BCUT2D eigenvalue weighted by Crippen LogP contribution is -2.47. The third kappa shape index (κ3) is 6.41. The van der Waals surface area contributed by atoms with Gasteiger partial charge in [0.2, 0.25) is 5.88 Å². The van der Waals surface area contributed by atoms with E-state index in [4.69, 9.17) is 21.1 Å². The van der Waals surface area contributed by atoms with Crippen LogP contribution in [0.2, 0.25) is 5.02 Å². The third-order valence-electron chi connectivity index (χ3n) is 3.19. The fourth-order valence-corrected chi connectivity index (χ4v) is 2.54. The highest BCUT2D eigenvalue weighted by atomic mass is 79.9. The van der Waals surface area contributed by atoms with Gasteiger partial charge in [0.25, 0.3) is 11.8 Å². The average Bonchev–Trinajstić information content (AvgIpc) is 2.60. The molecule has 7 nitrogen and oxygen atoms in total. The van der Waals surface area contributed by atoms with E-state index in [1.807, 2.05) is 19.9 Å². The van der Waals surface area contributed by atoms with Crippen molar-refractivity contribution in [2.24, 2.45) is 0 Å². The molecule has 1 atom stereocenters. The van der Waals surface area contributed by atoms with Gasteiger partial charge in [0, 0.05) is 10.7 Å². The minimum absolute atomic E-state index is 0.0966. The van der Waals surface area contributed by atoms with Gasteiger partial charge in [0.1, 0.15) is 10.8 Å². The van der Waals surface area contributed by atoms with E-state index in [1.54, 1.807) is 25.1 Å². The Hall–Kier alpha value is -2.32. The summed E-state index contributed by atoms with van der Waals surface area (Å²) in [6.07, 6.45) is 0.399. The molecule has 1 aromatic carbocycles. The average molecular weight is 457 g/mol. The fourth-order valence-electron chi connectivity index (χ4n) is 1.95. The van der Waals surface area contributed by atoms with Gasteiger partial charge in [0.15, 0.2) is 6.10 Å². The molecule has 2 amide bonds.